The third-order valence-electron chi connectivity index (χ3n) is 9.25. The molecule has 0 aliphatic rings. The fraction of sp³-hybridized carbons (Fsp3) is 0. The van der Waals surface area contributed by atoms with Crippen LogP contribution in [0.4, 0.5) is 0 Å². The van der Waals surface area contributed by atoms with Crippen molar-refractivity contribution in [3.8, 4) is 39.9 Å². The molecule has 5 heteroatoms. The molecular formula is C43H26N4O. The smallest absolute Gasteiger partial charge is 0.164 e. The van der Waals surface area contributed by atoms with E-state index in [0.29, 0.717) is 17.5 Å². The fourth-order valence-corrected chi connectivity index (χ4v) is 7.01. The molecule has 224 valence electrons. The van der Waals surface area contributed by atoms with Gasteiger partial charge in [-0.15, -0.1) is 0 Å². The van der Waals surface area contributed by atoms with Crippen LogP contribution in [-0.4, -0.2) is 19.5 Å². The van der Waals surface area contributed by atoms with Gasteiger partial charge < -0.3 is 8.98 Å². The second kappa shape index (κ2) is 10.5. The Morgan fingerprint density at radius 1 is 0.375 bits per heavy atom. The van der Waals surface area contributed by atoms with Crippen molar-refractivity contribution in [2.75, 3.05) is 0 Å². The van der Waals surface area contributed by atoms with Gasteiger partial charge in [-0.3, -0.25) is 0 Å². The van der Waals surface area contributed by atoms with Crippen LogP contribution in [0.5, 0.6) is 0 Å². The van der Waals surface area contributed by atoms with Gasteiger partial charge in [-0.1, -0.05) is 109 Å². The quantitative estimate of drug-likeness (QED) is 0.198. The van der Waals surface area contributed by atoms with Crippen molar-refractivity contribution in [2.24, 2.45) is 0 Å². The van der Waals surface area contributed by atoms with Crippen LogP contribution in [0.2, 0.25) is 0 Å². The minimum Gasteiger partial charge on any atom is -0.455 e. The third kappa shape index (κ3) is 4.08. The zero-order valence-corrected chi connectivity index (χ0v) is 25.7. The average molecular weight is 615 g/mol. The van der Waals surface area contributed by atoms with Crippen molar-refractivity contribution in [3.05, 3.63) is 158 Å². The van der Waals surface area contributed by atoms with E-state index in [4.69, 9.17) is 19.4 Å². The maximum Gasteiger partial charge on any atom is 0.164 e. The molecule has 0 saturated carbocycles. The predicted molar refractivity (Wildman–Crippen MR) is 195 cm³/mol. The molecule has 0 aliphatic carbocycles. The van der Waals surface area contributed by atoms with E-state index in [1.807, 2.05) is 72.8 Å². The van der Waals surface area contributed by atoms with Crippen molar-refractivity contribution >= 4 is 54.5 Å². The van der Waals surface area contributed by atoms with Gasteiger partial charge in [0.25, 0.3) is 0 Å². The Morgan fingerprint density at radius 3 is 1.50 bits per heavy atom. The molecule has 0 atom stereocenters. The first-order chi connectivity index (χ1) is 23.8. The van der Waals surface area contributed by atoms with Crippen LogP contribution in [0.1, 0.15) is 0 Å². The van der Waals surface area contributed by atoms with Gasteiger partial charge >= 0.3 is 0 Å². The molecule has 0 bridgehead atoms. The van der Waals surface area contributed by atoms with Crippen LogP contribution < -0.4 is 0 Å². The van der Waals surface area contributed by atoms with Gasteiger partial charge in [0, 0.05) is 54.7 Å². The Kier molecular flexibility index (Phi) is 5.81. The number of rotatable bonds is 4. The van der Waals surface area contributed by atoms with Gasteiger partial charge in [0.1, 0.15) is 11.2 Å². The number of aromatic nitrogens is 4. The van der Waals surface area contributed by atoms with E-state index in [1.54, 1.807) is 0 Å². The summed E-state index contributed by atoms with van der Waals surface area (Å²) in [6, 6.07) is 54.4. The number of para-hydroxylation sites is 2. The van der Waals surface area contributed by atoms with Gasteiger partial charge in [-0.25, -0.2) is 15.0 Å². The molecule has 0 amide bonds. The lowest BCUT2D eigenvalue weighted by molar-refractivity contribution is 0.672. The second-order valence-electron chi connectivity index (χ2n) is 12.0. The van der Waals surface area contributed by atoms with Gasteiger partial charge in [0.15, 0.2) is 17.5 Å². The first-order valence-electron chi connectivity index (χ1n) is 16.0. The molecule has 3 aromatic heterocycles. The number of hydrogen-bond donors (Lipinski definition) is 0. The number of hydrogen-bond acceptors (Lipinski definition) is 4. The van der Waals surface area contributed by atoms with Crippen molar-refractivity contribution in [1.29, 1.82) is 0 Å². The Hall–Kier alpha value is -6.59. The molecule has 0 aliphatic heterocycles. The monoisotopic (exact) mass is 614 g/mol. The number of fused-ring (bicyclic) bond motifs is 9. The summed E-state index contributed by atoms with van der Waals surface area (Å²) in [4.78, 5) is 14.7. The highest BCUT2D eigenvalue weighted by Crippen LogP contribution is 2.41. The van der Waals surface area contributed by atoms with Crippen molar-refractivity contribution in [2.45, 2.75) is 0 Å². The minimum absolute atomic E-state index is 0.634. The first-order valence-corrected chi connectivity index (χ1v) is 16.0. The lowest BCUT2D eigenvalue weighted by Gasteiger charge is -2.12. The summed E-state index contributed by atoms with van der Waals surface area (Å²) in [5.41, 5.74) is 8.00. The number of furan rings is 1. The molecule has 0 unspecified atom stereocenters. The van der Waals surface area contributed by atoms with Crippen LogP contribution in [0.15, 0.2) is 162 Å². The molecule has 5 nitrogen and oxygen atoms in total. The minimum atomic E-state index is 0.634. The van der Waals surface area contributed by atoms with E-state index in [1.165, 1.54) is 10.8 Å². The van der Waals surface area contributed by atoms with E-state index in [9.17, 15) is 0 Å². The molecule has 10 rings (SSSR count). The molecule has 10 aromatic rings. The maximum absolute atomic E-state index is 6.45. The van der Waals surface area contributed by atoms with E-state index >= 15 is 0 Å². The average Bonchev–Trinajstić information content (AvgIpc) is 3.72. The Balaban J connectivity index is 1.17. The largest absolute Gasteiger partial charge is 0.455 e. The van der Waals surface area contributed by atoms with Crippen molar-refractivity contribution in [3.63, 3.8) is 0 Å². The summed E-state index contributed by atoms with van der Waals surface area (Å²) in [5, 5.41) is 6.93. The van der Waals surface area contributed by atoms with Gasteiger partial charge in [0.05, 0.1) is 11.0 Å². The lowest BCUT2D eigenvalue weighted by Crippen LogP contribution is -2.00. The summed E-state index contributed by atoms with van der Waals surface area (Å²) < 4.78 is 8.82. The SMILES string of the molecule is c1ccc(-c2nc(-c3ccccc3)nc(-c3ccc(-n4c5ccccc5c5ccc6c(ccc7c8ccccc8oc76)c54)cc3)n2)cc1. The lowest BCUT2D eigenvalue weighted by atomic mass is 10.0. The Morgan fingerprint density at radius 2 is 0.854 bits per heavy atom. The number of benzene rings is 7. The summed E-state index contributed by atoms with van der Waals surface area (Å²) in [6.07, 6.45) is 0. The van der Waals surface area contributed by atoms with Crippen LogP contribution in [0, 0.1) is 0 Å². The second-order valence-corrected chi connectivity index (χ2v) is 12.0. The highest BCUT2D eigenvalue weighted by atomic mass is 16.3. The van der Waals surface area contributed by atoms with Crippen molar-refractivity contribution in [1.82, 2.24) is 19.5 Å². The van der Waals surface area contributed by atoms with Gasteiger partial charge in [-0.05, 0) is 48.5 Å². The third-order valence-corrected chi connectivity index (χ3v) is 9.25. The number of nitrogens with zero attached hydrogens (tertiary/aromatic N) is 4. The van der Waals surface area contributed by atoms with E-state index < -0.39 is 0 Å². The highest BCUT2D eigenvalue weighted by molar-refractivity contribution is 6.24. The zero-order chi connectivity index (χ0) is 31.6. The fourth-order valence-electron chi connectivity index (χ4n) is 7.01. The van der Waals surface area contributed by atoms with Crippen LogP contribution >= 0.6 is 0 Å². The molecule has 48 heavy (non-hydrogen) atoms. The Labute approximate surface area is 275 Å². The van der Waals surface area contributed by atoms with Gasteiger partial charge in [0.2, 0.25) is 0 Å². The van der Waals surface area contributed by atoms with E-state index in [-0.39, 0.29) is 0 Å². The Bertz CT molecular complexity index is 2760. The molecular weight excluding hydrogens is 589 g/mol. The van der Waals surface area contributed by atoms with Crippen LogP contribution in [0.25, 0.3) is 94.4 Å². The summed E-state index contributed by atoms with van der Waals surface area (Å²) in [6.45, 7) is 0. The van der Waals surface area contributed by atoms with Crippen molar-refractivity contribution < 1.29 is 4.42 Å². The molecule has 0 N–H and O–H groups in total. The molecule has 3 heterocycles. The standard InChI is InChI=1S/C43H26N4O/c1-3-11-27(12-4-1)41-44-42(28-13-5-2-6-14-28)46-43(45-41)29-19-21-30(22-20-29)47-37-17-9-7-15-31(37)33-23-26-36-34(39(33)47)24-25-35-32-16-8-10-18-38(32)48-40(35)36/h1-26H. The molecule has 0 fully saturated rings. The molecule has 0 radical (unpaired) electrons. The first kappa shape index (κ1) is 26.6. The summed E-state index contributed by atoms with van der Waals surface area (Å²) in [7, 11) is 0. The van der Waals surface area contributed by atoms with Crippen LogP contribution in [0.3, 0.4) is 0 Å². The topological polar surface area (TPSA) is 56.7 Å². The molecule has 0 saturated heterocycles. The van der Waals surface area contributed by atoms with Crippen LogP contribution in [-0.2, 0) is 0 Å². The van der Waals surface area contributed by atoms with E-state index in [0.717, 1.165) is 66.1 Å². The zero-order valence-electron chi connectivity index (χ0n) is 25.7. The summed E-state index contributed by atoms with van der Waals surface area (Å²) in [5.74, 6) is 1.93. The maximum atomic E-state index is 6.45. The highest BCUT2D eigenvalue weighted by Gasteiger charge is 2.19. The normalized spacial score (nSPS) is 11.8. The molecule has 0 spiro atoms. The molecule has 7 aromatic carbocycles. The summed E-state index contributed by atoms with van der Waals surface area (Å²) >= 11 is 0. The predicted octanol–water partition coefficient (Wildman–Crippen LogP) is 11.0. The van der Waals surface area contributed by atoms with Gasteiger partial charge in [-0.2, -0.15) is 0 Å². The van der Waals surface area contributed by atoms with E-state index in [2.05, 4.69) is 89.5 Å².